The summed E-state index contributed by atoms with van der Waals surface area (Å²) in [7, 11) is -0.722. The minimum absolute atomic E-state index is 0.0723. The predicted octanol–water partition coefficient (Wildman–Crippen LogP) is 4.76. The molecule has 0 aliphatic heterocycles. The third-order valence-electron chi connectivity index (χ3n) is 5.08. The second-order valence-corrected chi connectivity index (χ2v) is 9.45. The summed E-state index contributed by atoms with van der Waals surface area (Å²) in [5, 5.41) is 3.66. The van der Waals surface area contributed by atoms with E-state index in [2.05, 4.69) is 20.0 Å². The molecular weight excluding hydrogens is 476 g/mol. The molecule has 0 aliphatic carbocycles. The molecule has 0 radical (unpaired) electrons. The van der Waals surface area contributed by atoms with E-state index in [4.69, 9.17) is 21.1 Å². The Morgan fingerprint density at radius 3 is 2.15 bits per heavy atom. The van der Waals surface area contributed by atoms with Gasteiger partial charge in [0, 0.05) is 11.6 Å². The summed E-state index contributed by atoms with van der Waals surface area (Å²) in [6.45, 7) is 0.484. The molecule has 176 valence electrons. The number of halogens is 1. The molecule has 0 saturated carbocycles. The number of aromatic nitrogens is 2. The molecule has 0 unspecified atom stereocenters. The van der Waals surface area contributed by atoms with Crippen LogP contribution in [0.4, 0.5) is 11.6 Å². The highest BCUT2D eigenvalue weighted by Gasteiger charge is 2.19. The minimum Gasteiger partial charge on any atom is -0.493 e. The fourth-order valence-corrected chi connectivity index (χ4v) is 4.49. The summed E-state index contributed by atoms with van der Waals surface area (Å²) in [5.41, 5.74) is 2.23. The molecule has 0 amide bonds. The van der Waals surface area contributed by atoms with Crippen molar-refractivity contribution in [2.24, 2.45) is 0 Å². The van der Waals surface area contributed by atoms with Crippen LogP contribution in [0.5, 0.6) is 11.5 Å². The zero-order valence-electron chi connectivity index (χ0n) is 18.6. The van der Waals surface area contributed by atoms with E-state index in [1.54, 1.807) is 20.3 Å². The maximum atomic E-state index is 13.0. The standard InChI is InChI=1S/C24H23ClN4O4S/c1-32-21-12-7-16(15-22(21)33-2)13-14-26-23-24(28-20-6-4-3-5-19(20)27-23)29-34(30,31)18-10-8-17(25)9-11-18/h3-12,15H,13-14H2,1-2H3,(H,26,27)(H,28,29). The monoisotopic (exact) mass is 498 g/mol. The van der Waals surface area contributed by atoms with Gasteiger partial charge in [0.2, 0.25) is 0 Å². The zero-order chi connectivity index (χ0) is 24.1. The Labute approximate surface area is 203 Å². The number of hydrogen-bond acceptors (Lipinski definition) is 7. The molecule has 1 heterocycles. The van der Waals surface area contributed by atoms with E-state index in [0.717, 1.165) is 5.56 Å². The second kappa shape index (κ2) is 10.1. The molecule has 0 fully saturated rings. The zero-order valence-corrected chi connectivity index (χ0v) is 20.2. The Morgan fingerprint density at radius 2 is 1.50 bits per heavy atom. The molecule has 2 N–H and O–H groups in total. The molecule has 0 spiro atoms. The highest BCUT2D eigenvalue weighted by Crippen LogP contribution is 2.28. The van der Waals surface area contributed by atoms with Gasteiger partial charge in [-0.2, -0.15) is 0 Å². The lowest BCUT2D eigenvalue weighted by Gasteiger charge is -2.14. The van der Waals surface area contributed by atoms with Crippen molar-refractivity contribution in [3.8, 4) is 11.5 Å². The molecule has 0 saturated heterocycles. The number of sulfonamides is 1. The predicted molar refractivity (Wildman–Crippen MR) is 134 cm³/mol. The van der Waals surface area contributed by atoms with Crippen LogP contribution in [-0.2, 0) is 16.4 Å². The van der Waals surface area contributed by atoms with Gasteiger partial charge in [-0.15, -0.1) is 0 Å². The van der Waals surface area contributed by atoms with Crippen molar-refractivity contribution in [1.82, 2.24) is 9.97 Å². The number of anilines is 2. The molecule has 10 heteroatoms. The first kappa shape index (κ1) is 23.6. The van der Waals surface area contributed by atoms with Crippen LogP contribution in [0.25, 0.3) is 11.0 Å². The molecule has 8 nitrogen and oxygen atoms in total. The van der Waals surface area contributed by atoms with Crippen LogP contribution in [0.2, 0.25) is 5.02 Å². The summed E-state index contributed by atoms with van der Waals surface area (Å²) in [6.07, 6.45) is 0.637. The van der Waals surface area contributed by atoms with Crippen molar-refractivity contribution in [2.45, 2.75) is 11.3 Å². The summed E-state index contributed by atoms with van der Waals surface area (Å²) >= 11 is 5.89. The Kier molecular flexibility index (Phi) is 7.04. The highest BCUT2D eigenvalue weighted by molar-refractivity contribution is 7.92. The lowest BCUT2D eigenvalue weighted by molar-refractivity contribution is 0.354. The lowest BCUT2D eigenvalue weighted by Crippen LogP contribution is -2.17. The van der Waals surface area contributed by atoms with Crippen LogP contribution in [0.3, 0.4) is 0 Å². The molecule has 1 aromatic heterocycles. The average molecular weight is 499 g/mol. The van der Waals surface area contributed by atoms with Crippen LogP contribution in [0.1, 0.15) is 5.56 Å². The molecule has 0 aliphatic rings. The Balaban J connectivity index is 1.59. The average Bonchev–Trinajstić information content (AvgIpc) is 2.84. The van der Waals surface area contributed by atoms with Crippen molar-refractivity contribution >= 4 is 44.3 Å². The summed E-state index contributed by atoms with van der Waals surface area (Å²) in [6, 6.07) is 18.9. The Bertz CT molecular complexity index is 1410. The topological polar surface area (TPSA) is 102 Å². The maximum Gasteiger partial charge on any atom is 0.263 e. The van der Waals surface area contributed by atoms with Crippen molar-refractivity contribution < 1.29 is 17.9 Å². The maximum absolute atomic E-state index is 13.0. The normalized spacial score (nSPS) is 11.3. The highest BCUT2D eigenvalue weighted by atomic mass is 35.5. The van der Waals surface area contributed by atoms with Crippen molar-refractivity contribution in [2.75, 3.05) is 30.8 Å². The summed E-state index contributed by atoms with van der Waals surface area (Å²) < 4.78 is 39.1. The summed E-state index contributed by atoms with van der Waals surface area (Å²) in [5.74, 6) is 1.73. The third kappa shape index (κ3) is 5.32. The van der Waals surface area contributed by atoms with Gasteiger partial charge < -0.3 is 14.8 Å². The first-order chi connectivity index (χ1) is 16.4. The number of methoxy groups -OCH3 is 2. The van der Waals surface area contributed by atoms with Crippen LogP contribution in [0.15, 0.2) is 71.6 Å². The van der Waals surface area contributed by atoms with Gasteiger partial charge in [-0.1, -0.05) is 29.8 Å². The third-order valence-corrected chi connectivity index (χ3v) is 6.69. The molecular formula is C24H23ClN4O4S. The van der Waals surface area contributed by atoms with E-state index in [1.165, 1.54) is 24.3 Å². The van der Waals surface area contributed by atoms with Gasteiger partial charge in [0.1, 0.15) is 0 Å². The van der Waals surface area contributed by atoms with Gasteiger partial charge in [0.05, 0.1) is 30.1 Å². The largest absolute Gasteiger partial charge is 0.493 e. The number of benzene rings is 3. The Morgan fingerprint density at radius 1 is 0.853 bits per heavy atom. The van der Waals surface area contributed by atoms with E-state index in [9.17, 15) is 8.42 Å². The molecule has 0 bridgehead atoms. The molecule has 4 aromatic rings. The van der Waals surface area contributed by atoms with Crippen LogP contribution in [0, 0.1) is 0 Å². The van der Waals surface area contributed by atoms with Gasteiger partial charge in [-0.25, -0.2) is 18.4 Å². The number of para-hydroxylation sites is 2. The van der Waals surface area contributed by atoms with E-state index in [-0.39, 0.29) is 10.7 Å². The number of nitrogens with one attached hydrogen (secondary N) is 2. The van der Waals surface area contributed by atoms with Crippen molar-refractivity contribution in [3.63, 3.8) is 0 Å². The number of hydrogen-bond donors (Lipinski definition) is 2. The van der Waals surface area contributed by atoms with Gasteiger partial charge in [0.25, 0.3) is 10.0 Å². The Hall–Kier alpha value is -3.56. The van der Waals surface area contributed by atoms with Gasteiger partial charge >= 0.3 is 0 Å². The van der Waals surface area contributed by atoms with Crippen LogP contribution >= 0.6 is 11.6 Å². The SMILES string of the molecule is COc1ccc(CCNc2nc3ccccc3nc2NS(=O)(=O)c2ccc(Cl)cc2)cc1OC. The fraction of sp³-hybridized carbons (Fsp3) is 0.167. The van der Waals surface area contributed by atoms with Crippen molar-refractivity contribution in [3.05, 3.63) is 77.3 Å². The molecule has 0 atom stereocenters. The van der Waals surface area contributed by atoms with Gasteiger partial charge in [-0.05, 0) is 60.5 Å². The summed E-state index contributed by atoms with van der Waals surface area (Å²) in [4.78, 5) is 9.17. The first-order valence-electron chi connectivity index (χ1n) is 10.4. The van der Waals surface area contributed by atoms with Crippen molar-refractivity contribution in [1.29, 1.82) is 0 Å². The quantitative estimate of drug-likeness (QED) is 0.343. The van der Waals surface area contributed by atoms with Gasteiger partial charge in [-0.3, -0.25) is 4.72 Å². The fourth-order valence-electron chi connectivity index (χ4n) is 3.36. The molecule has 4 rings (SSSR count). The minimum atomic E-state index is -3.90. The number of nitrogens with zero attached hydrogens (tertiary/aromatic N) is 2. The molecule has 3 aromatic carbocycles. The number of ether oxygens (including phenoxy) is 2. The first-order valence-corrected chi connectivity index (χ1v) is 12.3. The second-order valence-electron chi connectivity index (χ2n) is 7.34. The smallest absolute Gasteiger partial charge is 0.263 e. The lowest BCUT2D eigenvalue weighted by atomic mass is 10.1. The van der Waals surface area contributed by atoms with E-state index < -0.39 is 10.0 Å². The van der Waals surface area contributed by atoms with Crippen LogP contribution in [-0.4, -0.2) is 39.2 Å². The van der Waals surface area contributed by atoms with E-state index in [0.29, 0.717) is 46.3 Å². The number of rotatable bonds is 9. The van der Waals surface area contributed by atoms with Crippen LogP contribution < -0.4 is 19.5 Å². The van der Waals surface area contributed by atoms with E-state index in [1.807, 2.05) is 36.4 Å². The molecule has 34 heavy (non-hydrogen) atoms. The number of fused-ring (bicyclic) bond motifs is 1. The van der Waals surface area contributed by atoms with Gasteiger partial charge in [0.15, 0.2) is 23.1 Å². The van der Waals surface area contributed by atoms with E-state index >= 15 is 0 Å².